The van der Waals surface area contributed by atoms with Crippen LogP contribution in [0.15, 0.2) is 97.1 Å². The smallest absolute Gasteiger partial charge is 0.255 e. The fourth-order valence-electron chi connectivity index (χ4n) is 10.5. The first-order valence-corrected chi connectivity index (χ1v) is 21.7. The molecule has 0 radical (unpaired) electrons. The second-order valence-electron chi connectivity index (χ2n) is 17.8. The summed E-state index contributed by atoms with van der Waals surface area (Å²) in [6.07, 6.45) is 10.4. The molecular formula is C49H56N4O6. The lowest BCUT2D eigenvalue weighted by Crippen LogP contribution is -2.58. The zero-order chi connectivity index (χ0) is 40.4. The summed E-state index contributed by atoms with van der Waals surface area (Å²) in [5, 5.41) is 11.5. The molecule has 3 amide bonds. The number of aromatic hydroxyl groups is 1. The molecule has 0 aromatic heterocycles. The van der Waals surface area contributed by atoms with E-state index in [0.717, 1.165) is 68.4 Å². The number of nitrogens with zero attached hydrogens (tertiary/aromatic N) is 3. The Hall–Kier alpha value is -5.35. The highest BCUT2D eigenvalue weighted by atomic mass is 16.5. The van der Waals surface area contributed by atoms with E-state index in [1.54, 1.807) is 17.0 Å². The first kappa shape index (κ1) is 39.1. The molecule has 0 bridgehead atoms. The summed E-state index contributed by atoms with van der Waals surface area (Å²) >= 11 is 0. The summed E-state index contributed by atoms with van der Waals surface area (Å²) < 4.78 is 11.7. The third-order valence-corrected chi connectivity index (χ3v) is 14.0. The van der Waals surface area contributed by atoms with Crippen LogP contribution in [0.5, 0.6) is 17.2 Å². The Kier molecular flexibility index (Phi) is 11.1. The Morgan fingerprint density at radius 3 is 2.20 bits per heavy atom. The molecular weight excluding hydrogens is 741 g/mol. The van der Waals surface area contributed by atoms with Crippen molar-refractivity contribution < 1.29 is 29.0 Å². The third kappa shape index (κ3) is 8.16. The summed E-state index contributed by atoms with van der Waals surface area (Å²) in [7, 11) is 0. The molecule has 4 fully saturated rings. The van der Waals surface area contributed by atoms with Crippen LogP contribution in [0, 0.1) is 11.3 Å². The third-order valence-electron chi connectivity index (χ3n) is 14.0. The Balaban J connectivity index is 0.000000217. The van der Waals surface area contributed by atoms with Crippen LogP contribution in [-0.4, -0.2) is 84.6 Å². The first-order chi connectivity index (χ1) is 28.8. The molecule has 308 valence electrons. The van der Waals surface area contributed by atoms with Gasteiger partial charge in [-0.25, -0.2) is 0 Å². The van der Waals surface area contributed by atoms with Gasteiger partial charge in [-0.05, 0) is 107 Å². The van der Waals surface area contributed by atoms with Gasteiger partial charge in [0.2, 0.25) is 11.8 Å². The minimum absolute atomic E-state index is 0.00934. The SMILES string of the molecule is O=C1CCC(N2Cc3c(ccc4c3OCC43CCN(CC4CCC5(CC4)CN(c4ccccc4)C5)CC3)C2=O)C(=O)N1.Oc1ccc2c(c1)OCCC2.c1ccccc1. The molecule has 1 saturated carbocycles. The van der Waals surface area contributed by atoms with E-state index >= 15 is 0 Å². The van der Waals surface area contributed by atoms with Gasteiger partial charge in [0, 0.05) is 65.3 Å². The van der Waals surface area contributed by atoms with Gasteiger partial charge in [0.05, 0.1) is 19.8 Å². The number of nitrogens with one attached hydrogen (secondary N) is 1. The largest absolute Gasteiger partial charge is 0.508 e. The number of carbonyl (C=O) groups is 3. The molecule has 1 unspecified atom stereocenters. The average Bonchev–Trinajstić information content (AvgIpc) is 3.79. The lowest BCUT2D eigenvalue weighted by atomic mass is 9.65. The van der Waals surface area contributed by atoms with E-state index in [2.05, 4.69) is 51.5 Å². The number of ether oxygens (including phenoxy) is 2. The number of anilines is 1. The van der Waals surface area contributed by atoms with Crippen molar-refractivity contribution in [3.05, 3.63) is 119 Å². The highest BCUT2D eigenvalue weighted by Gasteiger charge is 2.49. The molecule has 6 aliphatic heterocycles. The Morgan fingerprint density at radius 1 is 0.780 bits per heavy atom. The van der Waals surface area contributed by atoms with E-state index in [1.807, 2.05) is 48.5 Å². The van der Waals surface area contributed by atoms with E-state index in [-0.39, 0.29) is 35.3 Å². The minimum atomic E-state index is -0.599. The first-order valence-electron chi connectivity index (χ1n) is 21.7. The normalized spacial score (nSPS) is 22.6. The number of benzene rings is 4. The van der Waals surface area contributed by atoms with Crippen molar-refractivity contribution in [2.45, 2.75) is 82.2 Å². The lowest BCUT2D eigenvalue weighted by Gasteiger charge is -2.55. The van der Waals surface area contributed by atoms with Crippen LogP contribution < -0.4 is 19.7 Å². The summed E-state index contributed by atoms with van der Waals surface area (Å²) in [5.74, 6) is 2.02. The van der Waals surface area contributed by atoms with Crippen LogP contribution >= 0.6 is 0 Å². The van der Waals surface area contributed by atoms with Gasteiger partial charge in [-0.1, -0.05) is 66.7 Å². The number of hydrogen-bond acceptors (Lipinski definition) is 8. The fourth-order valence-corrected chi connectivity index (χ4v) is 10.5. The van der Waals surface area contributed by atoms with Gasteiger partial charge in [0.15, 0.2) is 0 Å². The molecule has 2 N–H and O–H groups in total. The van der Waals surface area contributed by atoms with Gasteiger partial charge in [-0.2, -0.15) is 0 Å². The maximum Gasteiger partial charge on any atom is 0.255 e. The Morgan fingerprint density at radius 2 is 1.49 bits per heavy atom. The van der Waals surface area contributed by atoms with Crippen molar-refractivity contribution in [2.75, 3.05) is 50.8 Å². The number of amides is 3. The summed E-state index contributed by atoms with van der Waals surface area (Å²) in [4.78, 5) is 44.2. The van der Waals surface area contributed by atoms with Crippen molar-refractivity contribution in [1.82, 2.24) is 15.1 Å². The molecule has 10 heteroatoms. The van der Waals surface area contributed by atoms with Crippen LogP contribution in [0.1, 0.15) is 84.8 Å². The summed E-state index contributed by atoms with van der Waals surface area (Å²) in [6.45, 7) is 7.64. The van der Waals surface area contributed by atoms with Crippen LogP contribution in [0.3, 0.4) is 0 Å². The van der Waals surface area contributed by atoms with Crippen molar-refractivity contribution in [2.24, 2.45) is 11.3 Å². The summed E-state index contributed by atoms with van der Waals surface area (Å²) in [5.41, 5.74) is 5.92. The number of para-hydroxylation sites is 1. The van der Waals surface area contributed by atoms with Crippen LogP contribution in [0.25, 0.3) is 0 Å². The van der Waals surface area contributed by atoms with Crippen LogP contribution in [-0.2, 0) is 28.0 Å². The molecule has 10 nitrogen and oxygen atoms in total. The molecule has 3 saturated heterocycles. The van der Waals surface area contributed by atoms with E-state index in [9.17, 15) is 14.4 Å². The highest BCUT2D eigenvalue weighted by molar-refractivity contribution is 6.05. The molecule has 4 aromatic rings. The number of hydrogen-bond donors (Lipinski definition) is 2. The van der Waals surface area contributed by atoms with Gasteiger partial charge < -0.3 is 29.3 Å². The zero-order valence-corrected chi connectivity index (χ0v) is 34.0. The zero-order valence-electron chi connectivity index (χ0n) is 34.0. The number of fused-ring (bicyclic) bond motifs is 5. The number of phenolic OH excluding ortho intramolecular Hbond substituents is 1. The van der Waals surface area contributed by atoms with E-state index < -0.39 is 6.04 Å². The number of imide groups is 1. The van der Waals surface area contributed by atoms with Gasteiger partial charge in [-0.3, -0.25) is 19.7 Å². The number of piperidine rings is 2. The number of likely N-dealkylation sites (tertiary alicyclic amines) is 1. The second-order valence-corrected chi connectivity index (χ2v) is 17.8. The van der Waals surface area contributed by atoms with Crippen LogP contribution in [0.2, 0.25) is 0 Å². The molecule has 1 atom stereocenters. The number of aryl methyl sites for hydroxylation is 1. The Labute approximate surface area is 347 Å². The van der Waals surface area contributed by atoms with E-state index in [4.69, 9.17) is 14.6 Å². The molecule has 4 aromatic carbocycles. The Bertz CT molecular complexity index is 2110. The number of carbonyl (C=O) groups excluding carboxylic acids is 3. The van der Waals surface area contributed by atoms with Crippen LogP contribution in [0.4, 0.5) is 5.69 Å². The fraction of sp³-hybridized carbons (Fsp3) is 0.449. The molecule has 1 aliphatic carbocycles. The van der Waals surface area contributed by atoms with Crippen molar-refractivity contribution >= 4 is 23.4 Å². The minimum Gasteiger partial charge on any atom is -0.508 e. The van der Waals surface area contributed by atoms with Gasteiger partial charge in [0.25, 0.3) is 5.91 Å². The average molecular weight is 797 g/mol. The van der Waals surface area contributed by atoms with Gasteiger partial charge >= 0.3 is 0 Å². The maximum absolute atomic E-state index is 13.3. The number of phenols is 1. The van der Waals surface area contributed by atoms with Crippen molar-refractivity contribution in [3.8, 4) is 17.2 Å². The lowest BCUT2D eigenvalue weighted by molar-refractivity contribution is -0.136. The molecule has 59 heavy (non-hydrogen) atoms. The van der Waals surface area contributed by atoms with Gasteiger partial charge in [-0.15, -0.1) is 0 Å². The second kappa shape index (κ2) is 16.7. The van der Waals surface area contributed by atoms with Crippen molar-refractivity contribution in [1.29, 1.82) is 0 Å². The molecule has 7 aliphatic rings. The topological polar surface area (TPSA) is 112 Å². The van der Waals surface area contributed by atoms with E-state index in [1.165, 1.54) is 62.1 Å². The van der Waals surface area contributed by atoms with Crippen molar-refractivity contribution in [3.63, 3.8) is 0 Å². The maximum atomic E-state index is 13.3. The quantitative estimate of drug-likeness (QED) is 0.208. The monoisotopic (exact) mass is 796 g/mol. The predicted molar refractivity (Wildman–Crippen MR) is 227 cm³/mol. The molecule has 6 heterocycles. The predicted octanol–water partition coefficient (Wildman–Crippen LogP) is 7.27. The summed E-state index contributed by atoms with van der Waals surface area (Å²) in [6, 6.07) is 31.6. The highest BCUT2D eigenvalue weighted by Crippen LogP contribution is 2.51. The number of rotatable bonds is 4. The van der Waals surface area contributed by atoms with Gasteiger partial charge in [0.1, 0.15) is 23.3 Å². The van der Waals surface area contributed by atoms with E-state index in [0.29, 0.717) is 30.6 Å². The molecule has 11 rings (SSSR count). The molecule has 2 spiro atoms. The standard InChI is InChI=1S/C34H40N4O4.C9H10O2.C6H6/c39-29-9-8-28(31(40)35-29)38-19-26-25(32(38)41)6-7-27-30(26)42-22-34(27)14-16-36(17-15-34)18-23-10-12-33(13-11-23)20-37(21-33)24-4-2-1-3-5-24;10-8-4-3-7-2-1-5-11-9(7)6-8;1-2-4-6-5-3-1/h1-7,23,28H,8-22H2,(H,35,39,40);3-4,6,10H,1-2,5H2;1-6H.